The van der Waals surface area contributed by atoms with Crippen molar-refractivity contribution in [2.45, 2.75) is 37.2 Å². The average molecular weight is 216 g/mol. The highest BCUT2D eigenvalue weighted by Gasteiger charge is 2.40. The van der Waals surface area contributed by atoms with Crippen molar-refractivity contribution in [1.29, 1.82) is 0 Å². The van der Waals surface area contributed by atoms with Crippen molar-refractivity contribution in [3.05, 3.63) is 24.0 Å². The number of alkyl halides is 2. The fourth-order valence-corrected chi connectivity index (χ4v) is 1.85. The molecule has 0 amide bonds. The van der Waals surface area contributed by atoms with Crippen molar-refractivity contribution in [2.75, 3.05) is 6.61 Å². The predicted octanol–water partition coefficient (Wildman–Crippen LogP) is 2.40. The summed E-state index contributed by atoms with van der Waals surface area (Å²) < 4.78 is 31.0. The molecule has 1 aliphatic carbocycles. The fourth-order valence-electron chi connectivity index (χ4n) is 1.85. The zero-order chi connectivity index (χ0) is 10.9. The lowest BCUT2D eigenvalue weighted by molar-refractivity contribution is -0.0230. The van der Waals surface area contributed by atoms with Gasteiger partial charge in [0, 0.05) is 6.42 Å². The molecule has 1 unspecified atom stereocenters. The Bertz CT molecular complexity index is 310. The summed E-state index contributed by atoms with van der Waals surface area (Å²) >= 11 is 0. The van der Waals surface area contributed by atoms with Gasteiger partial charge in [0.2, 0.25) is 0 Å². The summed E-state index contributed by atoms with van der Waals surface area (Å²) in [6.45, 7) is 0.554. The van der Waals surface area contributed by atoms with Crippen LogP contribution in [0, 0.1) is 0 Å². The first-order valence-electron chi connectivity index (χ1n) is 5.16. The van der Waals surface area contributed by atoms with Gasteiger partial charge < -0.3 is 9.84 Å². The second-order valence-electron chi connectivity index (χ2n) is 4.08. The molecule has 0 fully saturated rings. The van der Waals surface area contributed by atoms with Gasteiger partial charge in [-0.3, -0.25) is 0 Å². The Morgan fingerprint density at radius 2 is 2.07 bits per heavy atom. The number of allylic oxidation sites excluding steroid dienone is 2. The third-order valence-corrected chi connectivity index (χ3v) is 2.80. The molecule has 0 saturated carbocycles. The number of hydrogen-bond donors (Lipinski definition) is 1. The summed E-state index contributed by atoms with van der Waals surface area (Å²) in [5.74, 6) is -2.36. The second-order valence-corrected chi connectivity index (χ2v) is 4.08. The van der Waals surface area contributed by atoms with Gasteiger partial charge in [-0.25, -0.2) is 8.78 Å². The molecule has 2 nitrogen and oxygen atoms in total. The van der Waals surface area contributed by atoms with Crippen LogP contribution in [0.4, 0.5) is 8.78 Å². The molecule has 0 radical (unpaired) electrons. The third-order valence-electron chi connectivity index (χ3n) is 2.80. The molecule has 15 heavy (non-hydrogen) atoms. The van der Waals surface area contributed by atoms with Crippen molar-refractivity contribution in [3.63, 3.8) is 0 Å². The highest BCUT2D eigenvalue weighted by Crippen LogP contribution is 2.37. The Hall–Kier alpha value is -0.900. The SMILES string of the molecule is OC1(C2=CCCCO2)C=CC(F)(F)CC1. The lowest BCUT2D eigenvalue weighted by atomic mass is 9.86. The van der Waals surface area contributed by atoms with Crippen LogP contribution in [0.2, 0.25) is 0 Å². The van der Waals surface area contributed by atoms with Crippen LogP contribution in [0.25, 0.3) is 0 Å². The third kappa shape index (κ3) is 2.20. The highest BCUT2D eigenvalue weighted by atomic mass is 19.3. The van der Waals surface area contributed by atoms with Crippen LogP contribution in [-0.4, -0.2) is 23.2 Å². The first-order chi connectivity index (χ1) is 7.02. The predicted molar refractivity (Wildman–Crippen MR) is 51.5 cm³/mol. The van der Waals surface area contributed by atoms with Gasteiger partial charge in [-0.05, 0) is 37.5 Å². The summed E-state index contributed by atoms with van der Waals surface area (Å²) in [6, 6.07) is 0. The quantitative estimate of drug-likeness (QED) is 0.682. The topological polar surface area (TPSA) is 29.5 Å². The average Bonchev–Trinajstić information content (AvgIpc) is 2.24. The molecule has 1 atom stereocenters. The largest absolute Gasteiger partial charge is 0.495 e. The summed E-state index contributed by atoms with van der Waals surface area (Å²) in [6.07, 6.45) is 5.16. The molecule has 0 aromatic carbocycles. The zero-order valence-corrected chi connectivity index (χ0v) is 8.38. The van der Waals surface area contributed by atoms with E-state index in [1.807, 2.05) is 0 Å². The molecular formula is C11H14F2O2. The molecule has 2 rings (SSSR count). The molecule has 1 heterocycles. The molecular weight excluding hydrogens is 202 g/mol. The van der Waals surface area contributed by atoms with Gasteiger partial charge in [0.1, 0.15) is 11.4 Å². The molecule has 0 bridgehead atoms. The highest BCUT2D eigenvalue weighted by molar-refractivity contribution is 5.25. The minimum absolute atomic E-state index is 0.0162. The maximum Gasteiger partial charge on any atom is 0.266 e. The molecule has 1 N–H and O–H groups in total. The van der Waals surface area contributed by atoms with E-state index >= 15 is 0 Å². The van der Waals surface area contributed by atoms with Crippen molar-refractivity contribution in [1.82, 2.24) is 0 Å². The van der Waals surface area contributed by atoms with Crippen molar-refractivity contribution < 1.29 is 18.6 Å². The standard InChI is InChI=1S/C11H14F2O2/c12-11(13)6-4-10(14,5-7-11)9-3-1-2-8-15-9/h3-4,6,14H,1-2,5,7-8H2. The molecule has 84 valence electrons. The lowest BCUT2D eigenvalue weighted by Crippen LogP contribution is -2.37. The van der Waals surface area contributed by atoms with Crippen LogP contribution in [-0.2, 0) is 4.74 Å². The van der Waals surface area contributed by atoms with E-state index in [1.54, 1.807) is 6.08 Å². The smallest absolute Gasteiger partial charge is 0.266 e. The van der Waals surface area contributed by atoms with E-state index < -0.39 is 11.5 Å². The van der Waals surface area contributed by atoms with Crippen molar-refractivity contribution in [2.24, 2.45) is 0 Å². The van der Waals surface area contributed by atoms with Gasteiger partial charge in [-0.2, -0.15) is 0 Å². The molecule has 0 spiro atoms. The summed E-state index contributed by atoms with van der Waals surface area (Å²) in [4.78, 5) is 0. The molecule has 0 aromatic rings. The van der Waals surface area contributed by atoms with Gasteiger partial charge in [-0.15, -0.1) is 0 Å². The Balaban J connectivity index is 2.18. The first-order valence-corrected chi connectivity index (χ1v) is 5.16. The van der Waals surface area contributed by atoms with E-state index in [2.05, 4.69) is 0 Å². The van der Waals surface area contributed by atoms with E-state index in [-0.39, 0.29) is 12.8 Å². The monoisotopic (exact) mass is 216 g/mol. The fraction of sp³-hybridized carbons (Fsp3) is 0.636. The van der Waals surface area contributed by atoms with E-state index in [4.69, 9.17) is 4.74 Å². The molecule has 1 aliphatic heterocycles. The van der Waals surface area contributed by atoms with E-state index in [1.165, 1.54) is 0 Å². The van der Waals surface area contributed by atoms with Crippen LogP contribution >= 0.6 is 0 Å². The maximum absolute atomic E-state index is 12.9. The van der Waals surface area contributed by atoms with E-state index in [9.17, 15) is 13.9 Å². The number of halogens is 2. The molecule has 0 saturated heterocycles. The normalized spacial score (nSPS) is 34.5. The molecule has 4 heteroatoms. The van der Waals surface area contributed by atoms with Gasteiger partial charge in [-0.1, -0.05) is 0 Å². The minimum atomic E-state index is -2.79. The summed E-state index contributed by atoms with van der Waals surface area (Å²) in [5, 5.41) is 10.1. The molecule has 0 aromatic heterocycles. The van der Waals surface area contributed by atoms with Crippen LogP contribution in [0.1, 0.15) is 25.7 Å². The summed E-state index contributed by atoms with van der Waals surface area (Å²) in [7, 11) is 0. The van der Waals surface area contributed by atoms with Crippen molar-refractivity contribution >= 4 is 0 Å². The number of aliphatic hydroxyl groups is 1. The number of rotatable bonds is 1. The minimum Gasteiger partial charge on any atom is -0.495 e. The van der Waals surface area contributed by atoms with Gasteiger partial charge in [0.15, 0.2) is 0 Å². The Kier molecular flexibility index (Phi) is 2.54. The van der Waals surface area contributed by atoms with Crippen molar-refractivity contribution in [3.8, 4) is 0 Å². The Labute approximate surface area is 87.2 Å². The second kappa shape index (κ2) is 3.59. The van der Waals surface area contributed by atoms with E-state index in [0.717, 1.165) is 25.0 Å². The first kappa shape index (κ1) is 10.6. The van der Waals surface area contributed by atoms with E-state index in [0.29, 0.717) is 12.4 Å². The number of hydrogen-bond acceptors (Lipinski definition) is 2. The zero-order valence-electron chi connectivity index (χ0n) is 8.38. The van der Waals surface area contributed by atoms with Gasteiger partial charge in [0.05, 0.1) is 6.61 Å². The number of ether oxygens (including phenoxy) is 1. The molecule has 2 aliphatic rings. The maximum atomic E-state index is 12.9. The van der Waals surface area contributed by atoms with Gasteiger partial charge in [0.25, 0.3) is 5.92 Å². The summed E-state index contributed by atoms with van der Waals surface area (Å²) in [5.41, 5.74) is -1.32. The van der Waals surface area contributed by atoms with Crippen LogP contribution in [0.3, 0.4) is 0 Å². The van der Waals surface area contributed by atoms with Crippen LogP contribution in [0.5, 0.6) is 0 Å². The Morgan fingerprint density at radius 3 is 2.60 bits per heavy atom. The van der Waals surface area contributed by atoms with Crippen LogP contribution < -0.4 is 0 Å². The Morgan fingerprint density at radius 1 is 1.27 bits per heavy atom. The van der Waals surface area contributed by atoms with Gasteiger partial charge >= 0.3 is 0 Å². The lowest BCUT2D eigenvalue weighted by Gasteiger charge is -2.33. The van der Waals surface area contributed by atoms with Crippen LogP contribution in [0.15, 0.2) is 24.0 Å².